The van der Waals surface area contributed by atoms with Gasteiger partial charge >= 0.3 is 23.9 Å². The molecule has 1 saturated carbocycles. The van der Waals surface area contributed by atoms with Crippen LogP contribution in [0.5, 0.6) is 11.5 Å². The van der Waals surface area contributed by atoms with Gasteiger partial charge in [-0.1, -0.05) is 37.4 Å². The molecule has 2 heterocycles. The van der Waals surface area contributed by atoms with Gasteiger partial charge in [0.1, 0.15) is 23.7 Å². The molecule has 0 aliphatic heterocycles. The van der Waals surface area contributed by atoms with E-state index >= 15 is 0 Å². The lowest BCUT2D eigenvalue weighted by Crippen LogP contribution is -2.37. The summed E-state index contributed by atoms with van der Waals surface area (Å²) in [5.74, 6) is -0.756. The highest BCUT2D eigenvalue weighted by Gasteiger charge is 2.32. The Morgan fingerprint density at radius 1 is 0.574 bits per heavy atom. The third-order valence-electron chi connectivity index (χ3n) is 8.40. The van der Waals surface area contributed by atoms with E-state index in [9.17, 15) is 19.2 Å². The van der Waals surface area contributed by atoms with Gasteiger partial charge in [0.2, 0.25) is 0 Å². The zero-order valence-corrected chi connectivity index (χ0v) is 29.9. The number of hydrogen-bond acceptors (Lipinski definition) is 12. The molecule has 5 rings (SSSR count). The fraction of sp³-hybridized carbons (Fsp3) is 0.286. The summed E-state index contributed by atoms with van der Waals surface area (Å²) in [6.07, 6.45) is 8.28. The Morgan fingerprint density at radius 3 is 1.33 bits per heavy atom. The van der Waals surface area contributed by atoms with Gasteiger partial charge in [0.05, 0.1) is 61.3 Å². The fourth-order valence-corrected chi connectivity index (χ4v) is 5.53. The maximum Gasteiger partial charge on any atom is 0.338 e. The first-order valence-electron chi connectivity index (χ1n) is 17.7. The lowest BCUT2D eigenvalue weighted by molar-refractivity contribution is -0.138. The second kappa shape index (κ2) is 20.1. The number of carbonyl (C=O) groups is 4. The van der Waals surface area contributed by atoms with Crippen LogP contribution in [0, 0.1) is 0 Å². The molecule has 2 aromatic heterocycles. The molecule has 0 spiro atoms. The normalized spacial score (nSPS) is 14.9. The largest absolute Gasteiger partial charge is 0.492 e. The van der Waals surface area contributed by atoms with Gasteiger partial charge < -0.3 is 28.4 Å². The van der Waals surface area contributed by atoms with E-state index in [4.69, 9.17) is 28.4 Å². The summed E-state index contributed by atoms with van der Waals surface area (Å²) in [6, 6.07) is 21.1. The first-order chi connectivity index (χ1) is 26.3. The van der Waals surface area contributed by atoms with Gasteiger partial charge in [-0.25, -0.2) is 19.2 Å². The summed E-state index contributed by atoms with van der Waals surface area (Å²) in [5.41, 5.74) is 3.77. The number of pyridine rings is 2. The van der Waals surface area contributed by atoms with Crippen molar-refractivity contribution in [1.29, 1.82) is 0 Å². The van der Waals surface area contributed by atoms with E-state index in [2.05, 4.69) is 23.1 Å². The Bertz CT molecular complexity index is 1740. The molecule has 1 fully saturated rings. The molecule has 12 heteroatoms. The Hall–Kier alpha value is -6.30. The minimum absolute atomic E-state index is 0.239. The van der Waals surface area contributed by atoms with Crippen molar-refractivity contribution in [3.63, 3.8) is 0 Å². The summed E-state index contributed by atoms with van der Waals surface area (Å²) < 4.78 is 32.9. The van der Waals surface area contributed by atoms with Gasteiger partial charge in [0.25, 0.3) is 0 Å². The predicted octanol–water partition coefficient (Wildman–Crippen LogP) is 7.13. The van der Waals surface area contributed by atoms with Crippen molar-refractivity contribution in [3.05, 3.63) is 122 Å². The Morgan fingerprint density at radius 2 is 0.981 bits per heavy atom. The van der Waals surface area contributed by atoms with Gasteiger partial charge in [-0.3, -0.25) is 9.97 Å². The quantitative estimate of drug-likeness (QED) is 0.0443. The number of aromatic nitrogens is 2. The van der Waals surface area contributed by atoms with E-state index in [1.807, 2.05) is 12.1 Å². The topological polar surface area (TPSA) is 149 Å². The van der Waals surface area contributed by atoms with Crippen LogP contribution in [0.4, 0.5) is 0 Å². The number of esters is 4. The monoisotopic (exact) mass is 734 g/mol. The van der Waals surface area contributed by atoms with Gasteiger partial charge in [-0.05, 0) is 74.2 Å². The van der Waals surface area contributed by atoms with E-state index < -0.39 is 36.1 Å². The van der Waals surface area contributed by atoms with Crippen LogP contribution in [-0.4, -0.2) is 72.5 Å². The summed E-state index contributed by atoms with van der Waals surface area (Å²) in [7, 11) is 0. The van der Waals surface area contributed by atoms with Crippen LogP contribution in [0.1, 0.15) is 59.2 Å². The molecule has 0 N–H and O–H groups in total. The van der Waals surface area contributed by atoms with Crippen molar-refractivity contribution in [2.75, 3.05) is 26.4 Å². The first-order valence-corrected chi connectivity index (χ1v) is 17.7. The predicted molar refractivity (Wildman–Crippen MR) is 199 cm³/mol. The molecule has 2 atom stereocenters. The van der Waals surface area contributed by atoms with Gasteiger partial charge in [-0.15, -0.1) is 0 Å². The smallest absolute Gasteiger partial charge is 0.338 e. The summed E-state index contributed by atoms with van der Waals surface area (Å²) >= 11 is 0. The first kappa shape index (κ1) is 38.9. The standard InChI is InChI=1S/C42H42N2O10/c1-3-39(45)51-25-7-23-49-33-19-21-35(43-27-33)29-11-15-31(16-12-29)41(47)53-37-9-5-6-10-38(37)54-42(48)32-17-13-30(14-18-32)36-22-20-34(28-44-36)50-24-8-26-52-40(46)4-2/h3-4,11-22,27-28,37-38H,1-2,5-10,23-26H2/t37-,38-/m1/s1. The van der Waals surface area contributed by atoms with Crippen molar-refractivity contribution in [3.8, 4) is 34.0 Å². The van der Waals surface area contributed by atoms with Crippen molar-refractivity contribution in [1.82, 2.24) is 9.97 Å². The average Bonchev–Trinajstić information content (AvgIpc) is 3.21. The zero-order chi connectivity index (χ0) is 38.1. The van der Waals surface area contributed by atoms with E-state index in [0.29, 0.717) is 72.9 Å². The number of ether oxygens (including phenoxy) is 6. The lowest BCUT2D eigenvalue weighted by atomic mass is 9.94. The van der Waals surface area contributed by atoms with E-state index in [1.54, 1.807) is 73.1 Å². The van der Waals surface area contributed by atoms with Crippen LogP contribution in [0.15, 0.2) is 111 Å². The maximum absolute atomic E-state index is 13.2. The Kier molecular flexibility index (Phi) is 14.5. The zero-order valence-electron chi connectivity index (χ0n) is 29.9. The van der Waals surface area contributed by atoms with Crippen LogP contribution in [0.2, 0.25) is 0 Å². The molecular formula is C42H42N2O10. The molecule has 4 aromatic rings. The molecule has 0 bridgehead atoms. The highest BCUT2D eigenvalue weighted by molar-refractivity contribution is 5.91. The van der Waals surface area contributed by atoms with Crippen LogP contribution in [0.25, 0.3) is 22.5 Å². The summed E-state index contributed by atoms with van der Waals surface area (Å²) in [5, 5.41) is 0. The maximum atomic E-state index is 13.2. The van der Waals surface area contributed by atoms with E-state index in [0.717, 1.165) is 36.1 Å². The highest BCUT2D eigenvalue weighted by Crippen LogP contribution is 2.27. The van der Waals surface area contributed by atoms with E-state index in [-0.39, 0.29) is 13.2 Å². The molecule has 54 heavy (non-hydrogen) atoms. The second-order valence-corrected chi connectivity index (χ2v) is 12.2. The molecule has 0 radical (unpaired) electrons. The molecule has 12 nitrogen and oxygen atoms in total. The lowest BCUT2D eigenvalue weighted by Gasteiger charge is -2.30. The van der Waals surface area contributed by atoms with Crippen LogP contribution in [-0.2, 0) is 28.5 Å². The number of hydrogen-bond donors (Lipinski definition) is 0. The van der Waals surface area contributed by atoms with Gasteiger partial charge in [0, 0.05) is 36.1 Å². The number of rotatable bonds is 18. The van der Waals surface area contributed by atoms with Crippen molar-refractivity contribution in [2.45, 2.75) is 50.7 Å². The van der Waals surface area contributed by atoms with Crippen LogP contribution in [0.3, 0.4) is 0 Å². The van der Waals surface area contributed by atoms with Gasteiger partial charge in [-0.2, -0.15) is 0 Å². The molecule has 0 amide bonds. The van der Waals surface area contributed by atoms with Crippen molar-refractivity contribution >= 4 is 23.9 Å². The van der Waals surface area contributed by atoms with Crippen LogP contribution < -0.4 is 9.47 Å². The molecular weight excluding hydrogens is 692 g/mol. The third-order valence-corrected chi connectivity index (χ3v) is 8.40. The minimum Gasteiger partial charge on any atom is -0.492 e. The van der Waals surface area contributed by atoms with Crippen molar-refractivity contribution < 1.29 is 47.6 Å². The third kappa shape index (κ3) is 11.6. The highest BCUT2D eigenvalue weighted by atomic mass is 16.6. The second-order valence-electron chi connectivity index (χ2n) is 12.2. The molecule has 1 aliphatic carbocycles. The molecule has 0 saturated heterocycles. The minimum atomic E-state index is -0.565. The van der Waals surface area contributed by atoms with Gasteiger partial charge in [0.15, 0.2) is 0 Å². The fourth-order valence-electron chi connectivity index (χ4n) is 5.53. The molecule has 280 valence electrons. The van der Waals surface area contributed by atoms with E-state index in [1.165, 1.54) is 0 Å². The Labute approximate surface area is 313 Å². The summed E-state index contributed by atoms with van der Waals surface area (Å²) in [6.45, 7) is 7.92. The number of benzene rings is 2. The number of nitrogens with zero attached hydrogens (tertiary/aromatic N) is 2. The van der Waals surface area contributed by atoms with Crippen molar-refractivity contribution in [2.24, 2.45) is 0 Å². The number of carbonyl (C=O) groups excluding carboxylic acids is 4. The Balaban J connectivity index is 1.08. The van der Waals surface area contributed by atoms with Crippen LogP contribution >= 0.6 is 0 Å². The SMILES string of the molecule is C=CC(=O)OCCCOc1ccc(-c2ccc(C(=O)O[C@@H]3CCCC[C@H]3OC(=O)c3ccc(-c4ccc(OCCCOC(=O)C=C)cn4)cc3)cc2)nc1. The average molecular weight is 735 g/mol. The molecule has 2 aromatic carbocycles. The molecule has 1 aliphatic rings. The molecule has 0 unspecified atom stereocenters. The summed E-state index contributed by atoms with van der Waals surface area (Å²) in [4.78, 5) is 57.4.